The van der Waals surface area contributed by atoms with Crippen LogP contribution in [0.2, 0.25) is 0 Å². The lowest BCUT2D eigenvalue weighted by Crippen LogP contribution is -2.44. The van der Waals surface area contributed by atoms with Crippen molar-refractivity contribution in [2.75, 3.05) is 22.6 Å². The molecule has 4 rings (SSSR count). The van der Waals surface area contributed by atoms with Gasteiger partial charge in [-0.25, -0.2) is 9.97 Å². The number of rotatable bonds is 6. The fraction of sp³-hybridized carbons (Fsp3) is 0.421. The van der Waals surface area contributed by atoms with Crippen molar-refractivity contribution in [2.45, 2.75) is 46.4 Å². The highest BCUT2D eigenvalue weighted by Gasteiger charge is 2.30. The Morgan fingerprint density at radius 1 is 1.31 bits per heavy atom. The number of likely N-dealkylation sites (N-methyl/N-ethyl adjacent to an activating group) is 1. The average Bonchev–Trinajstić information content (AvgIpc) is 3.35. The van der Waals surface area contributed by atoms with Gasteiger partial charge in [0.2, 0.25) is 11.9 Å². The van der Waals surface area contributed by atoms with E-state index in [1.807, 2.05) is 49.1 Å². The summed E-state index contributed by atoms with van der Waals surface area (Å²) >= 11 is 0. The van der Waals surface area contributed by atoms with Crippen molar-refractivity contribution in [3.8, 4) is 0 Å². The third-order valence-corrected chi connectivity index (χ3v) is 5.20. The molecular weight excluding hydrogens is 370 g/mol. The Morgan fingerprint density at radius 3 is 2.93 bits per heavy atom. The van der Waals surface area contributed by atoms with E-state index < -0.39 is 0 Å². The Hall–Kier alpha value is -3.43. The molecule has 3 aromatic heterocycles. The summed E-state index contributed by atoms with van der Waals surface area (Å²) in [5, 5.41) is 10.6. The topological polar surface area (TPSA) is 106 Å². The van der Waals surface area contributed by atoms with Gasteiger partial charge in [-0.2, -0.15) is 10.1 Å². The number of aryl methyl sites for hydroxylation is 2. The SMILES string of the molecule is CCn1ccnc1Cn1cc(CNc2nc(C)c3c(n2)N(C)[C@@H](C)C(=O)N3)cn1. The fourth-order valence-corrected chi connectivity index (χ4v) is 3.32. The van der Waals surface area contributed by atoms with Gasteiger partial charge < -0.3 is 20.1 Å². The molecule has 29 heavy (non-hydrogen) atoms. The Labute approximate surface area is 169 Å². The summed E-state index contributed by atoms with van der Waals surface area (Å²) in [4.78, 5) is 27.4. The van der Waals surface area contributed by atoms with Gasteiger partial charge in [0.05, 0.1) is 18.4 Å². The van der Waals surface area contributed by atoms with Gasteiger partial charge in [-0.1, -0.05) is 0 Å². The van der Waals surface area contributed by atoms with Crippen molar-refractivity contribution in [1.29, 1.82) is 0 Å². The quantitative estimate of drug-likeness (QED) is 0.653. The second kappa shape index (κ2) is 7.53. The second-order valence-electron chi connectivity index (χ2n) is 7.14. The van der Waals surface area contributed by atoms with Crippen LogP contribution in [0.3, 0.4) is 0 Å². The van der Waals surface area contributed by atoms with E-state index >= 15 is 0 Å². The van der Waals surface area contributed by atoms with Crippen molar-refractivity contribution in [3.05, 3.63) is 41.9 Å². The zero-order valence-electron chi connectivity index (χ0n) is 17.0. The highest BCUT2D eigenvalue weighted by atomic mass is 16.2. The molecular formula is C19H25N9O. The first-order chi connectivity index (χ1) is 14.0. The lowest BCUT2D eigenvalue weighted by atomic mass is 10.2. The zero-order chi connectivity index (χ0) is 20.5. The molecule has 10 nitrogen and oxygen atoms in total. The fourth-order valence-electron chi connectivity index (χ4n) is 3.32. The Kier molecular flexibility index (Phi) is 4.91. The molecule has 10 heteroatoms. The molecule has 0 aromatic carbocycles. The minimum absolute atomic E-state index is 0.0523. The van der Waals surface area contributed by atoms with Gasteiger partial charge in [0, 0.05) is 44.3 Å². The van der Waals surface area contributed by atoms with E-state index in [1.165, 1.54) is 0 Å². The molecule has 3 aromatic rings. The standard InChI is InChI=1S/C19H25N9O/c1-5-27-7-6-20-15(27)11-28-10-14(9-22-28)8-21-19-23-12(2)16-17(25-19)26(4)13(3)18(29)24-16/h6-7,9-10,13H,5,8,11H2,1-4H3,(H,24,29)(H,21,23,25)/t13-/m0/s1. The van der Waals surface area contributed by atoms with Crippen LogP contribution in [0.5, 0.6) is 0 Å². The number of carbonyl (C=O) groups excluding carboxylic acids is 1. The van der Waals surface area contributed by atoms with Crippen LogP contribution < -0.4 is 15.5 Å². The van der Waals surface area contributed by atoms with Crippen LogP contribution >= 0.6 is 0 Å². The lowest BCUT2D eigenvalue weighted by molar-refractivity contribution is -0.117. The van der Waals surface area contributed by atoms with Crippen LogP contribution in [0.4, 0.5) is 17.5 Å². The molecule has 1 aliphatic rings. The smallest absolute Gasteiger partial charge is 0.246 e. The van der Waals surface area contributed by atoms with Crippen LogP contribution in [0.15, 0.2) is 24.8 Å². The monoisotopic (exact) mass is 395 g/mol. The van der Waals surface area contributed by atoms with Gasteiger partial charge >= 0.3 is 0 Å². The molecule has 1 atom stereocenters. The molecule has 0 spiro atoms. The van der Waals surface area contributed by atoms with Gasteiger partial charge in [-0.3, -0.25) is 9.48 Å². The molecule has 152 valence electrons. The van der Waals surface area contributed by atoms with Crippen molar-refractivity contribution in [3.63, 3.8) is 0 Å². The Balaban J connectivity index is 1.46. The van der Waals surface area contributed by atoms with Crippen LogP contribution in [-0.2, 0) is 24.4 Å². The summed E-state index contributed by atoms with van der Waals surface area (Å²) in [6.45, 7) is 7.86. The molecule has 1 amide bonds. The minimum atomic E-state index is -0.279. The third kappa shape index (κ3) is 3.65. The number of carbonyl (C=O) groups is 1. The molecule has 0 bridgehead atoms. The van der Waals surface area contributed by atoms with Gasteiger partial charge in [-0.05, 0) is 20.8 Å². The molecule has 0 aliphatic carbocycles. The van der Waals surface area contributed by atoms with Crippen molar-refractivity contribution >= 4 is 23.4 Å². The molecule has 0 radical (unpaired) electrons. The average molecular weight is 395 g/mol. The second-order valence-corrected chi connectivity index (χ2v) is 7.14. The van der Waals surface area contributed by atoms with E-state index in [9.17, 15) is 4.79 Å². The van der Waals surface area contributed by atoms with Crippen molar-refractivity contribution in [2.24, 2.45) is 0 Å². The normalized spacial score (nSPS) is 15.9. The molecule has 0 saturated carbocycles. The number of amides is 1. The maximum atomic E-state index is 12.0. The summed E-state index contributed by atoms with van der Waals surface area (Å²) in [6, 6.07) is -0.279. The zero-order valence-corrected chi connectivity index (χ0v) is 17.0. The number of aromatic nitrogens is 6. The first-order valence-electron chi connectivity index (χ1n) is 9.63. The van der Waals surface area contributed by atoms with Crippen LogP contribution in [0.1, 0.15) is 30.9 Å². The summed E-state index contributed by atoms with van der Waals surface area (Å²) in [7, 11) is 1.86. The van der Waals surface area contributed by atoms with E-state index in [2.05, 4.69) is 42.2 Å². The number of hydrogen-bond acceptors (Lipinski definition) is 7. The predicted molar refractivity (Wildman–Crippen MR) is 110 cm³/mol. The maximum absolute atomic E-state index is 12.0. The number of nitrogens with one attached hydrogen (secondary N) is 2. The van der Waals surface area contributed by atoms with Crippen LogP contribution in [0.25, 0.3) is 0 Å². The van der Waals surface area contributed by atoms with Gasteiger partial charge in [0.15, 0.2) is 5.82 Å². The summed E-state index contributed by atoms with van der Waals surface area (Å²) in [5.41, 5.74) is 2.42. The molecule has 0 saturated heterocycles. The lowest BCUT2D eigenvalue weighted by Gasteiger charge is -2.32. The number of nitrogens with zero attached hydrogens (tertiary/aromatic N) is 7. The summed E-state index contributed by atoms with van der Waals surface area (Å²) in [5.74, 6) is 2.16. The minimum Gasteiger partial charge on any atom is -0.350 e. The molecule has 1 aliphatic heterocycles. The first-order valence-corrected chi connectivity index (χ1v) is 9.63. The molecule has 0 unspecified atom stereocenters. The van der Waals surface area contributed by atoms with Crippen molar-refractivity contribution in [1.82, 2.24) is 29.3 Å². The molecule has 4 heterocycles. The van der Waals surface area contributed by atoms with E-state index in [0.29, 0.717) is 30.5 Å². The van der Waals surface area contributed by atoms with Crippen LogP contribution in [0, 0.1) is 6.92 Å². The molecule has 0 fully saturated rings. The largest absolute Gasteiger partial charge is 0.350 e. The Bertz CT molecular complexity index is 1040. The number of anilines is 3. The van der Waals surface area contributed by atoms with E-state index in [0.717, 1.165) is 23.6 Å². The van der Waals surface area contributed by atoms with E-state index in [4.69, 9.17) is 0 Å². The number of hydrogen-bond donors (Lipinski definition) is 2. The molecule has 2 N–H and O–H groups in total. The predicted octanol–water partition coefficient (Wildman–Crippen LogP) is 1.64. The summed E-state index contributed by atoms with van der Waals surface area (Å²) < 4.78 is 3.97. The van der Waals surface area contributed by atoms with E-state index in [1.54, 1.807) is 6.20 Å². The first kappa shape index (κ1) is 18.9. The van der Waals surface area contributed by atoms with Crippen LogP contribution in [-0.4, -0.2) is 48.3 Å². The summed E-state index contributed by atoms with van der Waals surface area (Å²) in [6.07, 6.45) is 7.59. The van der Waals surface area contributed by atoms with Gasteiger partial charge in [0.25, 0.3) is 0 Å². The van der Waals surface area contributed by atoms with Crippen molar-refractivity contribution < 1.29 is 4.79 Å². The third-order valence-electron chi connectivity index (χ3n) is 5.20. The number of imidazole rings is 1. The maximum Gasteiger partial charge on any atom is 0.246 e. The van der Waals surface area contributed by atoms with Gasteiger partial charge in [-0.15, -0.1) is 0 Å². The number of fused-ring (bicyclic) bond motifs is 1. The van der Waals surface area contributed by atoms with Gasteiger partial charge in [0.1, 0.15) is 17.6 Å². The Morgan fingerprint density at radius 2 is 2.14 bits per heavy atom. The highest BCUT2D eigenvalue weighted by Crippen LogP contribution is 2.32. The highest BCUT2D eigenvalue weighted by molar-refractivity contribution is 6.03. The van der Waals surface area contributed by atoms with E-state index in [-0.39, 0.29) is 11.9 Å².